The first-order valence-electron chi connectivity index (χ1n) is 11.0. The number of fused-ring (bicyclic) bond motifs is 1. The van der Waals surface area contributed by atoms with E-state index in [-0.39, 0.29) is 24.6 Å². The Kier molecular flexibility index (Phi) is 6.33. The Hall–Kier alpha value is -2.71. The molecule has 0 spiro atoms. The van der Waals surface area contributed by atoms with E-state index in [1.807, 2.05) is 13.0 Å². The number of hydrogen-bond acceptors (Lipinski definition) is 8. The van der Waals surface area contributed by atoms with Gasteiger partial charge in [0.2, 0.25) is 11.7 Å². The number of amides is 1. The molecule has 1 aliphatic carbocycles. The molecule has 34 heavy (non-hydrogen) atoms. The molecule has 3 aromatic heterocycles. The summed E-state index contributed by atoms with van der Waals surface area (Å²) in [4.78, 5) is 27.0. The zero-order valence-corrected chi connectivity index (χ0v) is 21.0. The van der Waals surface area contributed by atoms with Crippen molar-refractivity contribution in [1.82, 2.24) is 24.8 Å². The minimum Gasteiger partial charge on any atom is -0.384 e. The molecule has 3 heterocycles. The number of thiophene rings is 1. The van der Waals surface area contributed by atoms with Gasteiger partial charge in [0.25, 0.3) is 0 Å². The van der Waals surface area contributed by atoms with Crippen molar-refractivity contribution >= 4 is 45.8 Å². The summed E-state index contributed by atoms with van der Waals surface area (Å²) in [6, 6.07) is 3.59. The van der Waals surface area contributed by atoms with E-state index in [9.17, 15) is 15.0 Å². The van der Waals surface area contributed by atoms with Crippen molar-refractivity contribution in [2.45, 2.75) is 51.4 Å². The Balaban J connectivity index is 1.86. The molecule has 180 valence electrons. The molecule has 1 unspecified atom stereocenters. The summed E-state index contributed by atoms with van der Waals surface area (Å²) in [5.74, 6) is 6.33. The Labute approximate surface area is 206 Å². The molecular weight excluding hydrogens is 476 g/mol. The summed E-state index contributed by atoms with van der Waals surface area (Å²) in [5, 5.41) is 29.2. The van der Waals surface area contributed by atoms with Crippen molar-refractivity contribution in [2.75, 3.05) is 18.9 Å². The topological polar surface area (TPSA) is 125 Å². The number of rotatable bonds is 5. The van der Waals surface area contributed by atoms with Gasteiger partial charge in [-0.05, 0) is 57.1 Å². The SMILES string of the molecule is CCCNc1nc(C#Cc2ccc(Cl)s2)nc2c1ncn2[C@]1(O)CCC(C)(C(=O)NC)[C@]1(C)O. The molecule has 0 saturated heterocycles. The number of aromatic nitrogens is 4. The maximum absolute atomic E-state index is 12.7. The molecule has 11 heteroatoms. The number of carbonyl (C=O) groups excluding carboxylic acids is 1. The van der Waals surface area contributed by atoms with Crippen LogP contribution in [-0.2, 0) is 10.5 Å². The minimum absolute atomic E-state index is 0.131. The summed E-state index contributed by atoms with van der Waals surface area (Å²) < 4.78 is 2.07. The standard InChI is InChI=1S/C23H27ClN6O3S/c1-5-12-26-18-17-19(29-16(28-18)9-7-14-6-8-15(24)34-14)30(13-27-17)23(33)11-10-21(2,20(31)25-4)22(23,3)32/h6,8,13,32-33H,5,10-12H2,1-4H3,(H,25,31)(H,26,28,29)/t21?,22-,23-/m0/s1. The fraction of sp³-hybridized carbons (Fsp3) is 0.478. The van der Waals surface area contributed by atoms with Crippen LogP contribution in [0.15, 0.2) is 18.5 Å². The van der Waals surface area contributed by atoms with Gasteiger partial charge >= 0.3 is 0 Å². The van der Waals surface area contributed by atoms with Crippen molar-refractivity contribution in [3.63, 3.8) is 0 Å². The number of nitrogens with one attached hydrogen (secondary N) is 2. The highest BCUT2D eigenvalue weighted by Gasteiger charge is 2.66. The molecule has 3 aromatic rings. The molecule has 1 aliphatic rings. The third-order valence-electron chi connectivity index (χ3n) is 6.76. The number of nitrogens with zero attached hydrogens (tertiary/aromatic N) is 4. The monoisotopic (exact) mass is 502 g/mol. The number of imidazole rings is 1. The average molecular weight is 503 g/mol. The molecule has 1 amide bonds. The van der Waals surface area contributed by atoms with Crippen LogP contribution in [-0.4, -0.2) is 54.8 Å². The number of aliphatic hydroxyl groups is 2. The van der Waals surface area contributed by atoms with E-state index < -0.39 is 16.7 Å². The van der Waals surface area contributed by atoms with Gasteiger partial charge in [0.15, 0.2) is 22.7 Å². The van der Waals surface area contributed by atoms with Crippen molar-refractivity contribution in [3.05, 3.63) is 33.5 Å². The van der Waals surface area contributed by atoms with Crippen LogP contribution >= 0.6 is 22.9 Å². The number of hydrogen-bond donors (Lipinski definition) is 4. The molecule has 0 aromatic carbocycles. The Bertz CT molecular complexity index is 1310. The van der Waals surface area contributed by atoms with E-state index in [0.717, 1.165) is 11.3 Å². The molecule has 4 N–H and O–H groups in total. The first-order valence-corrected chi connectivity index (χ1v) is 12.2. The maximum Gasteiger partial charge on any atom is 0.228 e. The molecule has 1 fully saturated rings. The summed E-state index contributed by atoms with van der Waals surface area (Å²) in [6.45, 7) is 5.81. The fourth-order valence-corrected chi connectivity index (χ4v) is 5.31. The second kappa shape index (κ2) is 8.82. The Morgan fingerprint density at radius 1 is 1.26 bits per heavy atom. The van der Waals surface area contributed by atoms with Gasteiger partial charge in [-0.1, -0.05) is 18.5 Å². The second-order valence-corrected chi connectivity index (χ2v) is 10.5. The lowest BCUT2D eigenvalue weighted by Gasteiger charge is -2.43. The third kappa shape index (κ3) is 3.73. The van der Waals surface area contributed by atoms with E-state index in [0.29, 0.717) is 27.9 Å². The summed E-state index contributed by atoms with van der Waals surface area (Å²) in [7, 11) is 1.51. The van der Waals surface area contributed by atoms with E-state index in [1.54, 1.807) is 13.0 Å². The van der Waals surface area contributed by atoms with E-state index in [4.69, 9.17) is 11.6 Å². The van der Waals surface area contributed by atoms with E-state index >= 15 is 0 Å². The van der Waals surface area contributed by atoms with Crippen LogP contribution in [0, 0.1) is 17.3 Å². The van der Waals surface area contributed by atoms with Crippen molar-refractivity contribution in [1.29, 1.82) is 0 Å². The Morgan fingerprint density at radius 2 is 2.03 bits per heavy atom. The fourth-order valence-electron chi connectivity index (χ4n) is 4.41. The predicted molar refractivity (Wildman–Crippen MR) is 132 cm³/mol. The largest absolute Gasteiger partial charge is 0.384 e. The van der Waals surface area contributed by atoms with Crippen molar-refractivity contribution < 1.29 is 15.0 Å². The molecule has 4 rings (SSSR count). The molecule has 0 radical (unpaired) electrons. The van der Waals surface area contributed by atoms with Crippen molar-refractivity contribution in [2.24, 2.45) is 5.41 Å². The molecule has 9 nitrogen and oxygen atoms in total. The van der Waals surface area contributed by atoms with Gasteiger partial charge in [0.05, 0.1) is 21.0 Å². The van der Waals surface area contributed by atoms with Crippen molar-refractivity contribution in [3.8, 4) is 11.8 Å². The molecule has 1 saturated carbocycles. The smallest absolute Gasteiger partial charge is 0.228 e. The van der Waals surface area contributed by atoms with Gasteiger partial charge in [0, 0.05) is 13.6 Å². The molecule has 0 bridgehead atoms. The average Bonchev–Trinajstić information content (AvgIpc) is 3.48. The van der Waals surface area contributed by atoms with Gasteiger partial charge in [-0.25, -0.2) is 15.0 Å². The lowest BCUT2D eigenvalue weighted by Crippen LogP contribution is -2.60. The zero-order valence-electron chi connectivity index (χ0n) is 19.4. The van der Waals surface area contributed by atoms with E-state index in [1.165, 1.54) is 36.2 Å². The highest BCUT2D eigenvalue weighted by atomic mass is 35.5. The van der Waals surface area contributed by atoms with Gasteiger partial charge in [0.1, 0.15) is 5.60 Å². The van der Waals surface area contributed by atoms with Crippen LogP contribution in [0.3, 0.4) is 0 Å². The van der Waals surface area contributed by atoms with Crippen LogP contribution in [0.5, 0.6) is 0 Å². The maximum atomic E-state index is 12.7. The first kappa shape index (κ1) is 24.4. The zero-order chi connectivity index (χ0) is 24.7. The van der Waals surface area contributed by atoms with Gasteiger partial charge in [-0.3, -0.25) is 9.36 Å². The van der Waals surface area contributed by atoms with Gasteiger partial charge in [-0.2, -0.15) is 0 Å². The number of halogens is 1. The van der Waals surface area contributed by atoms with Crippen LogP contribution < -0.4 is 10.6 Å². The number of carbonyl (C=O) groups is 1. The van der Waals surface area contributed by atoms with Gasteiger partial charge < -0.3 is 20.8 Å². The second-order valence-electron chi connectivity index (χ2n) is 8.76. The highest BCUT2D eigenvalue weighted by Crippen LogP contribution is 2.55. The van der Waals surface area contributed by atoms with Gasteiger partial charge in [-0.15, -0.1) is 11.3 Å². The minimum atomic E-state index is -1.83. The Morgan fingerprint density at radius 3 is 2.68 bits per heavy atom. The lowest BCUT2D eigenvalue weighted by atomic mass is 9.74. The van der Waals surface area contributed by atoms with E-state index in [2.05, 4.69) is 37.4 Å². The van der Waals surface area contributed by atoms with Crippen LogP contribution in [0.2, 0.25) is 4.34 Å². The predicted octanol–water partition coefficient (Wildman–Crippen LogP) is 2.71. The lowest BCUT2D eigenvalue weighted by molar-refractivity contribution is -0.207. The normalized spacial score (nSPS) is 26.3. The summed E-state index contributed by atoms with van der Waals surface area (Å²) >= 11 is 7.35. The van der Waals surface area contributed by atoms with Crippen LogP contribution in [0.1, 0.15) is 50.7 Å². The summed E-state index contributed by atoms with van der Waals surface area (Å²) in [6.07, 6.45) is 2.69. The molecular formula is C23H27ClN6O3S. The molecule has 3 atom stereocenters. The molecule has 0 aliphatic heterocycles. The first-order chi connectivity index (χ1) is 16.1. The van der Waals surface area contributed by atoms with Crippen LogP contribution in [0.4, 0.5) is 5.82 Å². The number of anilines is 1. The highest BCUT2D eigenvalue weighted by molar-refractivity contribution is 7.16. The quantitative estimate of drug-likeness (QED) is 0.395. The van der Waals surface area contributed by atoms with Crippen LogP contribution in [0.25, 0.3) is 11.2 Å². The summed E-state index contributed by atoms with van der Waals surface area (Å²) in [5.41, 5.74) is -4.10. The third-order valence-corrected chi connectivity index (χ3v) is 7.91.